The summed E-state index contributed by atoms with van der Waals surface area (Å²) in [6.07, 6.45) is -0.0260. The van der Waals surface area contributed by atoms with E-state index in [9.17, 15) is 17.9 Å². The van der Waals surface area contributed by atoms with Gasteiger partial charge in [-0.15, -0.1) is 0 Å². The van der Waals surface area contributed by atoms with Crippen molar-refractivity contribution in [2.75, 3.05) is 18.6 Å². The fourth-order valence-corrected chi connectivity index (χ4v) is 3.82. The van der Waals surface area contributed by atoms with Gasteiger partial charge in [-0.25, -0.2) is 12.8 Å². The maximum atomic E-state index is 13.7. The summed E-state index contributed by atoms with van der Waals surface area (Å²) in [4.78, 5) is 2.19. The van der Waals surface area contributed by atoms with Crippen LogP contribution in [-0.2, 0) is 29.5 Å². The molecule has 0 radical (unpaired) electrons. The Hall–Kier alpha value is -1.77. The summed E-state index contributed by atoms with van der Waals surface area (Å²) in [7, 11) is -3.28. The van der Waals surface area contributed by atoms with Crippen molar-refractivity contribution in [2.45, 2.75) is 32.7 Å². The molecule has 0 bridgehead atoms. The highest BCUT2D eigenvalue weighted by atomic mass is 32.2. The highest BCUT2D eigenvalue weighted by molar-refractivity contribution is 7.90. The lowest BCUT2D eigenvalue weighted by Gasteiger charge is -2.28. The molecule has 0 aliphatic carbocycles. The number of aliphatic hydroxyl groups is 1. The van der Waals surface area contributed by atoms with Gasteiger partial charge < -0.3 is 5.11 Å². The molecule has 2 aromatic rings. The van der Waals surface area contributed by atoms with E-state index in [1.165, 1.54) is 6.07 Å². The lowest BCUT2D eigenvalue weighted by atomic mass is 10.1. The van der Waals surface area contributed by atoms with Crippen LogP contribution in [0.1, 0.15) is 28.6 Å². The predicted molar refractivity (Wildman–Crippen MR) is 92.1 cm³/mol. The lowest BCUT2D eigenvalue weighted by molar-refractivity contribution is 0.191. The average molecular weight is 367 g/mol. The first kappa shape index (κ1) is 18.0. The van der Waals surface area contributed by atoms with Gasteiger partial charge in [0.05, 0.1) is 23.7 Å². The molecule has 0 amide bonds. The minimum Gasteiger partial charge on any atom is -0.386 e. The lowest BCUT2D eigenvalue weighted by Crippen LogP contribution is -2.33. The Morgan fingerprint density at radius 1 is 1.36 bits per heavy atom. The molecule has 0 unspecified atom stereocenters. The van der Waals surface area contributed by atoms with Crippen LogP contribution < -0.4 is 0 Å². The van der Waals surface area contributed by atoms with Gasteiger partial charge in [0.1, 0.15) is 21.8 Å². The molecule has 0 saturated carbocycles. The molecule has 1 aromatic heterocycles. The van der Waals surface area contributed by atoms with Crippen molar-refractivity contribution < 1.29 is 17.9 Å². The number of nitrogens with zero attached hydrogens (tertiary/aromatic N) is 3. The van der Waals surface area contributed by atoms with Gasteiger partial charge in [0, 0.05) is 25.9 Å². The summed E-state index contributed by atoms with van der Waals surface area (Å²) in [5.74, 6) is -0.541. The van der Waals surface area contributed by atoms with Crippen molar-refractivity contribution >= 4 is 9.84 Å². The van der Waals surface area contributed by atoms with Gasteiger partial charge in [-0.05, 0) is 30.2 Å². The average Bonchev–Trinajstić information content (AvgIpc) is 2.94. The van der Waals surface area contributed by atoms with E-state index in [0.717, 1.165) is 24.1 Å². The topological polar surface area (TPSA) is 75.4 Å². The molecule has 0 spiro atoms. The summed E-state index contributed by atoms with van der Waals surface area (Å²) in [6.45, 7) is 4.44. The fourth-order valence-electron chi connectivity index (χ4n) is 3.08. The molecule has 1 aromatic carbocycles. The van der Waals surface area contributed by atoms with Gasteiger partial charge in [-0.2, -0.15) is 5.10 Å². The van der Waals surface area contributed by atoms with Gasteiger partial charge >= 0.3 is 0 Å². The van der Waals surface area contributed by atoms with Crippen LogP contribution >= 0.6 is 0 Å². The van der Waals surface area contributed by atoms with Gasteiger partial charge in [0.25, 0.3) is 0 Å². The quantitative estimate of drug-likeness (QED) is 0.865. The summed E-state index contributed by atoms with van der Waals surface area (Å²) in [6, 6.07) is 6.84. The molecule has 1 aliphatic rings. The molecule has 0 saturated heterocycles. The molecule has 25 heavy (non-hydrogen) atoms. The van der Waals surface area contributed by atoms with Crippen LogP contribution in [0.5, 0.6) is 0 Å². The largest absolute Gasteiger partial charge is 0.386 e. The summed E-state index contributed by atoms with van der Waals surface area (Å²) in [5.41, 5.74) is 2.91. The second-order valence-electron chi connectivity index (χ2n) is 6.63. The van der Waals surface area contributed by atoms with Gasteiger partial charge in [0.2, 0.25) is 0 Å². The summed E-state index contributed by atoms with van der Waals surface area (Å²) in [5, 5.41) is 14.4. The zero-order valence-electron chi connectivity index (χ0n) is 14.3. The highest BCUT2D eigenvalue weighted by Crippen LogP contribution is 2.22. The van der Waals surface area contributed by atoms with E-state index in [2.05, 4.69) is 10.00 Å². The fraction of sp³-hybridized carbons (Fsp3) is 0.471. The van der Waals surface area contributed by atoms with E-state index >= 15 is 0 Å². The maximum Gasteiger partial charge on any atom is 0.150 e. The Labute approximate surface area is 146 Å². The third-order valence-corrected chi connectivity index (χ3v) is 5.39. The smallest absolute Gasteiger partial charge is 0.150 e. The molecule has 1 atom stereocenters. The molecule has 1 N–H and O–H groups in total. The van der Waals surface area contributed by atoms with Crippen LogP contribution in [0.2, 0.25) is 0 Å². The van der Waals surface area contributed by atoms with Crippen molar-refractivity contribution in [3.63, 3.8) is 0 Å². The van der Waals surface area contributed by atoms with Crippen LogP contribution in [-0.4, -0.2) is 46.8 Å². The van der Waals surface area contributed by atoms with E-state index in [1.54, 1.807) is 23.7 Å². The molecule has 0 fully saturated rings. The van der Waals surface area contributed by atoms with Crippen molar-refractivity contribution in [1.82, 2.24) is 14.7 Å². The molecule has 3 rings (SSSR count). The van der Waals surface area contributed by atoms with E-state index in [0.29, 0.717) is 30.9 Å². The second kappa shape index (κ2) is 6.86. The minimum atomic E-state index is -3.28. The van der Waals surface area contributed by atoms with Crippen LogP contribution in [0.15, 0.2) is 24.3 Å². The Balaban J connectivity index is 1.72. The third kappa shape index (κ3) is 4.26. The second-order valence-corrected chi connectivity index (χ2v) is 8.81. The van der Waals surface area contributed by atoms with Crippen LogP contribution in [0.4, 0.5) is 4.39 Å². The number of aliphatic hydroxyl groups excluding tert-OH is 1. The maximum absolute atomic E-state index is 13.7. The molecule has 8 heteroatoms. The first-order valence-electron chi connectivity index (χ1n) is 8.11. The van der Waals surface area contributed by atoms with Crippen molar-refractivity contribution in [2.24, 2.45) is 0 Å². The first-order chi connectivity index (χ1) is 11.7. The van der Waals surface area contributed by atoms with Gasteiger partial charge in [-0.1, -0.05) is 12.1 Å². The van der Waals surface area contributed by atoms with E-state index in [-0.39, 0.29) is 11.6 Å². The molecular weight excluding hydrogens is 345 g/mol. The Morgan fingerprint density at radius 2 is 2.12 bits per heavy atom. The van der Waals surface area contributed by atoms with Crippen molar-refractivity contribution in [3.05, 3.63) is 52.6 Å². The van der Waals surface area contributed by atoms with Crippen molar-refractivity contribution in [1.29, 1.82) is 0 Å². The SMILES string of the molecule is Cc1c(F)cccc1CN1CCn2nc([C@H](O)CS(C)(=O)=O)cc2C1. The number of aromatic nitrogens is 2. The predicted octanol–water partition coefficient (Wildman–Crippen LogP) is 1.42. The number of hydrogen-bond donors (Lipinski definition) is 1. The molecular formula is C17H22FN3O3S. The van der Waals surface area contributed by atoms with Gasteiger partial charge in [-0.3, -0.25) is 9.58 Å². The monoisotopic (exact) mass is 367 g/mol. The standard InChI is InChI=1S/C17H22FN3O3S/c1-12-13(4-3-5-15(12)18)9-20-6-7-21-14(10-20)8-16(19-21)17(22)11-25(2,23)24/h3-5,8,17,22H,6-7,9-11H2,1-2H3/t17-/m1/s1. The normalized spacial score (nSPS) is 16.6. The number of sulfone groups is 1. The highest BCUT2D eigenvalue weighted by Gasteiger charge is 2.23. The number of halogens is 1. The van der Waals surface area contributed by atoms with Crippen LogP contribution in [0.25, 0.3) is 0 Å². The first-order valence-corrected chi connectivity index (χ1v) is 10.2. The number of benzene rings is 1. The Kier molecular flexibility index (Phi) is 4.95. The minimum absolute atomic E-state index is 0.203. The molecule has 136 valence electrons. The van der Waals surface area contributed by atoms with E-state index < -0.39 is 15.9 Å². The van der Waals surface area contributed by atoms with Crippen molar-refractivity contribution in [3.8, 4) is 0 Å². The molecule has 2 heterocycles. The number of rotatable bonds is 5. The summed E-state index contributed by atoms with van der Waals surface area (Å²) < 4.78 is 38.2. The molecule has 1 aliphatic heterocycles. The number of hydrogen-bond acceptors (Lipinski definition) is 5. The number of fused-ring (bicyclic) bond motifs is 1. The third-order valence-electron chi connectivity index (χ3n) is 4.47. The van der Waals surface area contributed by atoms with Crippen LogP contribution in [0.3, 0.4) is 0 Å². The summed E-state index contributed by atoms with van der Waals surface area (Å²) >= 11 is 0. The van der Waals surface area contributed by atoms with Crippen LogP contribution in [0, 0.1) is 12.7 Å². The Bertz CT molecular complexity index is 879. The van der Waals surface area contributed by atoms with E-state index in [4.69, 9.17) is 0 Å². The van der Waals surface area contributed by atoms with E-state index in [1.807, 2.05) is 6.07 Å². The zero-order chi connectivity index (χ0) is 18.2. The Morgan fingerprint density at radius 3 is 2.84 bits per heavy atom. The molecule has 6 nitrogen and oxygen atoms in total. The van der Waals surface area contributed by atoms with Gasteiger partial charge in [0.15, 0.2) is 0 Å². The zero-order valence-corrected chi connectivity index (χ0v) is 15.1.